The van der Waals surface area contributed by atoms with Crippen molar-refractivity contribution in [2.45, 2.75) is 27.2 Å². The summed E-state index contributed by atoms with van der Waals surface area (Å²) in [5, 5.41) is 4.03. The maximum Gasteiger partial charge on any atom is 0.280 e. The number of fused-ring (bicyclic) bond motifs is 1. The van der Waals surface area contributed by atoms with Gasteiger partial charge >= 0.3 is 0 Å². The normalized spacial score (nSPS) is 11.2. The summed E-state index contributed by atoms with van der Waals surface area (Å²) in [6.45, 7) is 6.52. The molecule has 0 atom stereocenters. The van der Waals surface area contributed by atoms with E-state index in [0.29, 0.717) is 12.1 Å². The zero-order valence-corrected chi connectivity index (χ0v) is 10.7. The average molecular weight is 250 g/mol. The lowest BCUT2D eigenvalue weighted by atomic mass is 10.0. The van der Waals surface area contributed by atoms with E-state index < -0.39 is 6.43 Å². The molecule has 1 N–H and O–H groups in total. The first-order chi connectivity index (χ1) is 8.52. The largest absolute Gasteiger partial charge is 0.385 e. The fraction of sp³-hybridized carbons (Fsp3) is 0.357. The molecule has 0 fully saturated rings. The minimum atomic E-state index is -2.55. The maximum atomic E-state index is 12.8. The van der Waals surface area contributed by atoms with Gasteiger partial charge < -0.3 is 5.32 Å². The van der Waals surface area contributed by atoms with Crippen molar-refractivity contribution >= 4 is 16.6 Å². The van der Waals surface area contributed by atoms with Crippen LogP contribution in [0.4, 0.5) is 14.5 Å². The zero-order chi connectivity index (χ0) is 13.3. The molecule has 0 spiro atoms. The second-order valence-electron chi connectivity index (χ2n) is 4.40. The molecule has 1 aromatic carbocycles. The van der Waals surface area contributed by atoms with Gasteiger partial charge in [0.1, 0.15) is 5.69 Å². The molecule has 2 rings (SSSR count). The van der Waals surface area contributed by atoms with Crippen LogP contribution in [0, 0.1) is 13.8 Å². The van der Waals surface area contributed by atoms with Gasteiger partial charge in [-0.05, 0) is 38.5 Å². The Kier molecular flexibility index (Phi) is 3.45. The van der Waals surface area contributed by atoms with Crippen molar-refractivity contribution in [3.63, 3.8) is 0 Å². The number of hydrogen-bond donors (Lipinski definition) is 1. The number of alkyl halides is 2. The third kappa shape index (κ3) is 2.28. The monoisotopic (exact) mass is 250 g/mol. The van der Waals surface area contributed by atoms with Gasteiger partial charge in [-0.1, -0.05) is 11.6 Å². The number of nitrogens with one attached hydrogen (secondary N) is 1. The summed E-state index contributed by atoms with van der Waals surface area (Å²) in [6, 6.07) is 5.37. The third-order valence-corrected chi connectivity index (χ3v) is 2.86. The van der Waals surface area contributed by atoms with Crippen LogP contribution in [-0.2, 0) is 0 Å². The Labute approximate surface area is 105 Å². The Hall–Kier alpha value is -1.71. The fourth-order valence-corrected chi connectivity index (χ4v) is 2.15. The van der Waals surface area contributed by atoms with Crippen molar-refractivity contribution in [2.75, 3.05) is 11.9 Å². The molecule has 1 heterocycles. The van der Waals surface area contributed by atoms with E-state index in [1.165, 1.54) is 6.07 Å². The van der Waals surface area contributed by atoms with Crippen LogP contribution in [0.25, 0.3) is 10.9 Å². The van der Waals surface area contributed by atoms with Gasteiger partial charge in [-0.25, -0.2) is 13.8 Å². The molecule has 4 heteroatoms. The topological polar surface area (TPSA) is 24.9 Å². The second kappa shape index (κ2) is 4.88. The van der Waals surface area contributed by atoms with Crippen LogP contribution in [0.1, 0.15) is 30.2 Å². The molecule has 2 nitrogen and oxygen atoms in total. The quantitative estimate of drug-likeness (QED) is 0.882. The highest BCUT2D eigenvalue weighted by atomic mass is 19.3. The number of halogens is 2. The molecule has 0 aliphatic rings. The molecule has 0 saturated carbocycles. The first-order valence-corrected chi connectivity index (χ1v) is 5.97. The smallest absolute Gasteiger partial charge is 0.280 e. The van der Waals surface area contributed by atoms with E-state index in [-0.39, 0.29) is 5.69 Å². The van der Waals surface area contributed by atoms with Gasteiger partial charge in [0.15, 0.2) is 0 Å². The molecule has 0 saturated heterocycles. The number of aryl methyl sites for hydroxylation is 2. The summed E-state index contributed by atoms with van der Waals surface area (Å²) in [6.07, 6.45) is -2.55. The van der Waals surface area contributed by atoms with Crippen LogP contribution in [0.3, 0.4) is 0 Å². The number of benzene rings is 1. The molecule has 0 unspecified atom stereocenters. The van der Waals surface area contributed by atoms with Gasteiger partial charge in [-0.3, -0.25) is 0 Å². The van der Waals surface area contributed by atoms with E-state index in [9.17, 15) is 8.78 Å². The molecule has 0 aliphatic carbocycles. The van der Waals surface area contributed by atoms with E-state index in [1.807, 2.05) is 32.9 Å². The lowest BCUT2D eigenvalue weighted by molar-refractivity contribution is 0.146. The lowest BCUT2D eigenvalue weighted by Crippen LogP contribution is -2.02. The number of pyridine rings is 1. The summed E-state index contributed by atoms with van der Waals surface area (Å²) in [7, 11) is 0. The minimum Gasteiger partial charge on any atom is -0.385 e. The van der Waals surface area contributed by atoms with Crippen molar-refractivity contribution in [3.05, 3.63) is 35.0 Å². The molecular formula is C14H16F2N2. The number of aromatic nitrogens is 1. The molecule has 18 heavy (non-hydrogen) atoms. The standard InChI is InChI=1S/C14H16F2N2/c1-4-17-11-7-12(14(15)16)18-13-9(3)5-8(2)6-10(11)13/h5-7,14H,4H2,1-3H3,(H,17,18). The first-order valence-electron chi connectivity index (χ1n) is 5.97. The van der Waals surface area contributed by atoms with E-state index in [0.717, 1.165) is 22.2 Å². The van der Waals surface area contributed by atoms with Gasteiger partial charge in [0.25, 0.3) is 6.43 Å². The molecule has 0 aliphatic heterocycles. The Morgan fingerprint density at radius 2 is 1.94 bits per heavy atom. The van der Waals surface area contributed by atoms with E-state index in [2.05, 4.69) is 10.3 Å². The van der Waals surface area contributed by atoms with Crippen molar-refractivity contribution in [2.24, 2.45) is 0 Å². The van der Waals surface area contributed by atoms with Crippen LogP contribution in [0.5, 0.6) is 0 Å². The van der Waals surface area contributed by atoms with Crippen LogP contribution >= 0.6 is 0 Å². The van der Waals surface area contributed by atoms with Crippen molar-refractivity contribution in [3.8, 4) is 0 Å². The summed E-state index contributed by atoms with van der Waals surface area (Å²) in [4.78, 5) is 4.07. The van der Waals surface area contributed by atoms with E-state index >= 15 is 0 Å². The Balaban J connectivity index is 2.76. The summed E-state index contributed by atoms with van der Waals surface area (Å²) in [5.41, 5.74) is 3.22. The Bertz CT molecular complexity index is 580. The van der Waals surface area contributed by atoms with Gasteiger partial charge in [-0.2, -0.15) is 0 Å². The highest BCUT2D eigenvalue weighted by molar-refractivity contribution is 5.94. The summed E-state index contributed by atoms with van der Waals surface area (Å²) >= 11 is 0. The minimum absolute atomic E-state index is 0.176. The van der Waals surface area contributed by atoms with Crippen molar-refractivity contribution in [1.82, 2.24) is 4.98 Å². The van der Waals surface area contributed by atoms with Gasteiger partial charge in [0.05, 0.1) is 5.52 Å². The lowest BCUT2D eigenvalue weighted by Gasteiger charge is -2.12. The van der Waals surface area contributed by atoms with E-state index in [4.69, 9.17) is 0 Å². The van der Waals surface area contributed by atoms with Gasteiger partial charge in [0.2, 0.25) is 0 Å². The maximum absolute atomic E-state index is 12.8. The van der Waals surface area contributed by atoms with Crippen LogP contribution in [0.15, 0.2) is 18.2 Å². The molecule has 2 aromatic rings. The number of hydrogen-bond acceptors (Lipinski definition) is 2. The fourth-order valence-electron chi connectivity index (χ4n) is 2.15. The molecule has 96 valence electrons. The Morgan fingerprint density at radius 3 is 2.56 bits per heavy atom. The highest BCUT2D eigenvalue weighted by Crippen LogP contribution is 2.30. The number of anilines is 1. The summed E-state index contributed by atoms with van der Waals surface area (Å²) in [5.74, 6) is 0. The average Bonchev–Trinajstić information content (AvgIpc) is 2.29. The van der Waals surface area contributed by atoms with Gasteiger partial charge in [-0.15, -0.1) is 0 Å². The SMILES string of the molecule is CCNc1cc(C(F)F)nc2c(C)cc(C)cc12. The molecule has 0 radical (unpaired) electrons. The zero-order valence-electron chi connectivity index (χ0n) is 10.7. The first kappa shape index (κ1) is 12.7. The summed E-state index contributed by atoms with van der Waals surface area (Å²) < 4.78 is 25.7. The van der Waals surface area contributed by atoms with Crippen LogP contribution < -0.4 is 5.32 Å². The highest BCUT2D eigenvalue weighted by Gasteiger charge is 2.14. The molecule has 0 bridgehead atoms. The molecule has 1 aromatic heterocycles. The van der Waals surface area contributed by atoms with Crippen molar-refractivity contribution in [1.29, 1.82) is 0 Å². The second-order valence-corrected chi connectivity index (χ2v) is 4.40. The molecular weight excluding hydrogens is 234 g/mol. The van der Waals surface area contributed by atoms with Crippen LogP contribution in [-0.4, -0.2) is 11.5 Å². The predicted molar refractivity (Wildman–Crippen MR) is 70.3 cm³/mol. The van der Waals surface area contributed by atoms with Gasteiger partial charge in [0, 0.05) is 17.6 Å². The Morgan fingerprint density at radius 1 is 1.22 bits per heavy atom. The van der Waals surface area contributed by atoms with E-state index in [1.54, 1.807) is 0 Å². The third-order valence-electron chi connectivity index (χ3n) is 2.86. The molecule has 0 amide bonds. The van der Waals surface area contributed by atoms with Crippen LogP contribution in [0.2, 0.25) is 0 Å². The van der Waals surface area contributed by atoms with Crippen molar-refractivity contribution < 1.29 is 8.78 Å². The number of rotatable bonds is 3. The predicted octanol–water partition coefficient (Wildman–Crippen LogP) is 4.22. The number of nitrogens with zero attached hydrogens (tertiary/aromatic N) is 1.